The second-order valence-electron chi connectivity index (χ2n) is 6.24. The summed E-state index contributed by atoms with van der Waals surface area (Å²) in [5.74, 6) is -0.258. The van der Waals surface area contributed by atoms with Crippen LogP contribution in [-0.2, 0) is 29.2 Å². The Morgan fingerprint density at radius 2 is 1.85 bits per heavy atom. The molecule has 0 aliphatic heterocycles. The predicted molar refractivity (Wildman–Crippen MR) is 107 cm³/mol. The number of aryl methyl sites for hydroxylation is 1. The Labute approximate surface area is 162 Å². The average molecular weight is 382 g/mol. The lowest BCUT2D eigenvalue weighted by Gasteiger charge is -2.04. The number of ether oxygens (including phenoxy) is 1. The highest BCUT2D eigenvalue weighted by Crippen LogP contribution is 2.26. The van der Waals surface area contributed by atoms with Crippen LogP contribution in [0.25, 0.3) is 0 Å². The highest BCUT2D eigenvalue weighted by molar-refractivity contribution is 7.15. The maximum atomic E-state index is 12.1. The average Bonchev–Trinajstić information content (AvgIpc) is 3.05. The summed E-state index contributed by atoms with van der Waals surface area (Å²) >= 11 is 1.38. The van der Waals surface area contributed by atoms with Gasteiger partial charge < -0.3 is 9.84 Å². The quantitative estimate of drug-likeness (QED) is 0.623. The first kappa shape index (κ1) is 19.2. The topological polar surface area (TPSA) is 71.5 Å². The van der Waals surface area contributed by atoms with Crippen LogP contribution in [0.3, 0.4) is 0 Å². The Hall–Kier alpha value is -2.54. The molecule has 0 fully saturated rings. The SMILES string of the molecule is Cc1ccc(Cc2sc(NC(=O)COCc3ccccc3)nc2CO)cc1. The van der Waals surface area contributed by atoms with Crippen LogP contribution < -0.4 is 5.32 Å². The number of anilines is 1. The van der Waals surface area contributed by atoms with E-state index in [9.17, 15) is 9.90 Å². The number of benzene rings is 2. The number of aliphatic hydroxyl groups is 1. The molecule has 3 rings (SSSR count). The van der Waals surface area contributed by atoms with Gasteiger partial charge in [0.25, 0.3) is 5.91 Å². The number of rotatable bonds is 8. The van der Waals surface area contributed by atoms with Crippen molar-refractivity contribution in [2.75, 3.05) is 11.9 Å². The summed E-state index contributed by atoms with van der Waals surface area (Å²) < 4.78 is 5.44. The highest BCUT2D eigenvalue weighted by Gasteiger charge is 2.13. The molecular formula is C21H22N2O3S. The van der Waals surface area contributed by atoms with Crippen LogP contribution in [-0.4, -0.2) is 22.6 Å². The third-order valence-corrected chi connectivity index (χ3v) is 5.02. The van der Waals surface area contributed by atoms with E-state index in [0.717, 1.165) is 16.0 Å². The van der Waals surface area contributed by atoms with Gasteiger partial charge in [-0.05, 0) is 18.1 Å². The van der Waals surface area contributed by atoms with Gasteiger partial charge in [-0.15, -0.1) is 11.3 Å². The van der Waals surface area contributed by atoms with Crippen LogP contribution in [0, 0.1) is 6.92 Å². The van der Waals surface area contributed by atoms with Gasteiger partial charge in [-0.3, -0.25) is 10.1 Å². The third-order valence-electron chi connectivity index (χ3n) is 4.00. The minimum Gasteiger partial charge on any atom is -0.390 e. The standard InChI is InChI=1S/C21H22N2O3S/c1-15-7-9-16(10-8-15)11-19-18(12-24)22-21(27-19)23-20(25)14-26-13-17-5-3-2-4-6-17/h2-10,24H,11-14H2,1H3,(H,22,23,25). The van der Waals surface area contributed by atoms with E-state index in [-0.39, 0.29) is 19.1 Å². The molecule has 2 N–H and O–H groups in total. The summed E-state index contributed by atoms with van der Waals surface area (Å²) in [5, 5.41) is 12.8. The van der Waals surface area contributed by atoms with E-state index in [1.54, 1.807) is 0 Å². The second-order valence-corrected chi connectivity index (χ2v) is 7.32. The van der Waals surface area contributed by atoms with Crippen LogP contribution in [0.1, 0.15) is 27.3 Å². The van der Waals surface area contributed by atoms with Gasteiger partial charge in [-0.1, -0.05) is 60.2 Å². The molecule has 3 aromatic rings. The Morgan fingerprint density at radius 1 is 1.11 bits per heavy atom. The third kappa shape index (κ3) is 5.72. The first-order valence-corrected chi connectivity index (χ1v) is 9.52. The molecule has 1 aromatic heterocycles. The van der Waals surface area contributed by atoms with E-state index in [1.807, 2.05) is 37.3 Å². The fraction of sp³-hybridized carbons (Fsp3) is 0.238. The van der Waals surface area contributed by atoms with E-state index in [0.29, 0.717) is 23.9 Å². The van der Waals surface area contributed by atoms with Gasteiger partial charge >= 0.3 is 0 Å². The zero-order valence-electron chi connectivity index (χ0n) is 15.1. The Bertz CT molecular complexity index is 876. The molecule has 0 atom stereocenters. The first-order chi connectivity index (χ1) is 13.1. The van der Waals surface area contributed by atoms with Crippen molar-refractivity contribution in [3.05, 3.63) is 81.9 Å². The van der Waals surface area contributed by atoms with Crippen molar-refractivity contribution < 1.29 is 14.6 Å². The zero-order valence-corrected chi connectivity index (χ0v) is 16.0. The Balaban J connectivity index is 1.55. The van der Waals surface area contributed by atoms with Crippen LogP contribution in [0.5, 0.6) is 0 Å². The van der Waals surface area contributed by atoms with Crippen molar-refractivity contribution in [1.82, 2.24) is 4.98 Å². The molecule has 0 aliphatic carbocycles. The molecule has 0 bridgehead atoms. The molecule has 1 heterocycles. The number of hydrogen-bond acceptors (Lipinski definition) is 5. The summed E-state index contributed by atoms with van der Waals surface area (Å²) in [4.78, 5) is 17.4. The van der Waals surface area contributed by atoms with Gasteiger partial charge in [0.05, 0.1) is 18.9 Å². The summed E-state index contributed by atoms with van der Waals surface area (Å²) in [6.45, 7) is 2.23. The number of amides is 1. The molecule has 27 heavy (non-hydrogen) atoms. The monoisotopic (exact) mass is 382 g/mol. The van der Waals surface area contributed by atoms with E-state index < -0.39 is 0 Å². The molecule has 2 aromatic carbocycles. The molecule has 0 unspecified atom stereocenters. The number of carbonyl (C=O) groups is 1. The number of thiazole rings is 1. The van der Waals surface area contributed by atoms with Crippen molar-refractivity contribution in [2.24, 2.45) is 0 Å². The number of aromatic nitrogens is 1. The maximum Gasteiger partial charge on any atom is 0.252 e. The molecular weight excluding hydrogens is 360 g/mol. The van der Waals surface area contributed by atoms with Crippen LogP contribution in [0.15, 0.2) is 54.6 Å². The first-order valence-electron chi connectivity index (χ1n) is 8.70. The van der Waals surface area contributed by atoms with E-state index in [2.05, 4.69) is 34.6 Å². The van der Waals surface area contributed by atoms with E-state index in [4.69, 9.17) is 4.74 Å². The summed E-state index contributed by atoms with van der Waals surface area (Å²) in [5.41, 5.74) is 3.96. The second kappa shape index (κ2) is 9.41. The van der Waals surface area contributed by atoms with E-state index >= 15 is 0 Å². The Morgan fingerprint density at radius 3 is 2.56 bits per heavy atom. The molecule has 1 amide bonds. The fourth-order valence-corrected chi connectivity index (χ4v) is 3.60. The lowest BCUT2D eigenvalue weighted by Crippen LogP contribution is -2.18. The van der Waals surface area contributed by atoms with Crippen molar-refractivity contribution in [2.45, 2.75) is 26.6 Å². The van der Waals surface area contributed by atoms with Crippen LogP contribution >= 0.6 is 11.3 Å². The van der Waals surface area contributed by atoms with Gasteiger partial charge in [-0.25, -0.2) is 4.98 Å². The summed E-state index contributed by atoms with van der Waals surface area (Å²) in [6.07, 6.45) is 0.675. The molecule has 0 radical (unpaired) electrons. The van der Waals surface area contributed by atoms with Crippen molar-refractivity contribution in [1.29, 1.82) is 0 Å². The summed E-state index contributed by atoms with van der Waals surface area (Å²) in [7, 11) is 0. The molecule has 0 saturated carbocycles. The molecule has 6 heteroatoms. The number of nitrogens with zero attached hydrogens (tertiary/aromatic N) is 1. The fourth-order valence-electron chi connectivity index (χ4n) is 2.58. The Kier molecular flexibility index (Phi) is 6.70. The van der Waals surface area contributed by atoms with Gasteiger partial charge in [0.1, 0.15) is 6.61 Å². The lowest BCUT2D eigenvalue weighted by molar-refractivity contribution is -0.121. The summed E-state index contributed by atoms with van der Waals surface area (Å²) in [6, 6.07) is 17.9. The lowest BCUT2D eigenvalue weighted by atomic mass is 10.1. The molecule has 0 aliphatic rings. The molecule has 0 spiro atoms. The van der Waals surface area contributed by atoms with Crippen molar-refractivity contribution >= 4 is 22.4 Å². The molecule has 0 saturated heterocycles. The number of hydrogen-bond donors (Lipinski definition) is 2. The minimum atomic E-state index is -0.258. The number of nitrogens with one attached hydrogen (secondary N) is 1. The van der Waals surface area contributed by atoms with Crippen molar-refractivity contribution in [3.8, 4) is 0 Å². The van der Waals surface area contributed by atoms with Gasteiger partial charge in [-0.2, -0.15) is 0 Å². The molecule has 5 nitrogen and oxygen atoms in total. The maximum absolute atomic E-state index is 12.1. The number of aliphatic hydroxyl groups excluding tert-OH is 1. The predicted octanol–water partition coefficient (Wildman–Crippen LogP) is 3.69. The van der Waals surface area contributed by atoms with E-state index in [1.165, 1.54) is 16.9 Å². The number of carbonyl (C=O) groups excluding carboxylic acids is 1. The zero-order chi connectivity index (χ0) is 19.1. The highest BCUT2D eigenvalue weighted by atomic mass is 32.1. The molecule has 140 valence electrons. The van der Waals surface area contributed by atoms with Gasteiger partial charge in [0.15, 0.2) is 5.13 Å². The van der Waals surface area contributed by atoms with Gasteiger partial charge in [0.2, 0.25) is 0 Å². The van der Waals surface area contributed by atoms with Crippen LogP contribution in [0.4, 0.5) is 5.13 Å². The van der Waals surface area contributed by atoms with Gasteiger partial charge in [0, 0.05) is 11.3 Å². The van der Waals surface area contributed by atoms with Crippen molar-refractivity contribution in [3.63, 3.8) is 0 Å². The van der Waals surface area contributed by atoms with Crippen LogP contribution in [0.2, 0.25) is 0 Å². The normalized spacial score (nSPS) is 10.7. The smallest absolute Gasteiger partial charge is 0.252 e. The minimum absolute atomic E-state index is 0.0454. The largest absolute Gasteiger partial charge is 0.390 e.